The minimum atomic E-state index is -1.22. The van der Waals surface area contributed by atoms with Gasteiger partial charge in [-0.3, -0.25) is 9.69 Å². The van der Waals surface area contributed by atoms with Crippen molar-refractivity contribution in [2.24, 2.45) is 0 Å². The quantitative estimate of drug-likeness (QED) is 0.459. The lowest BCUT2D eigenvalue weighted by molar-refractivity contribution is 0.0138. The fourth-order valence-corrected chi connectivity index (χ4v) is 5.28. The van der Waals surface area contributed by atoms with Crippen molar-refractivity contribution < 1.29 is 23.3 Å². The molecule has 1 aliphatic rings. The average molecular weight is 573 g/mol. The van der Waals surface area contributed by atoms with Crippen molar-refractivity contribution in [1.82, 2.24) is 15.1 Å². The average Bonchev–Trinajstić information content (AvgIpc) is 2.83. The van der Waals surface area contributed by atoms with E-state index >= 15 is 4.39 Å². The van der Waals surface area contributed by atoms with Gasteiger partial charge in [-0.05, 0) is 69.2 Å². The molecule has 37 heavy (non-hydrogen) atoms. The summed E-state index contributed by atoms with van der Waals surface area (Å²) >= 11 is 11.2. The van der Waals surface area contributed by atoms with Gasteiger partial charge in [0.1, 0.15) is 17.2 Å². The van der Waals surface area contributed by atoms with Gasteiger partial charge in [0, 0.05) is 66.0 Å². The molecular formula is C26H32Cl2FN3O4S. The maximum atomic E-state index is 15.0. The summed E-state index contributed by atoms with van der Waals surface area (Å²) < 4.78 is 32.7. The molecule has 7 nitrogen and oxygen atoms in total. The first-order chi connectivity index (χ1) is 17.4. The first-order valence-electron chi connectivity index (χ1n) is 12.0. The first-order valence-corrected chi connectivity index (χ1v) is 14.1. The zero-order chi connectivity index (χ0) is 27.3. The van der Waals surface area contributed by atoms with E-state index in [1.54, 1.807) is 30.0 Å². The molecule has 0 aliphatic carbocycles. The molecular weight excluding hydrogens is 540 g/mol. The third-order valence-corrected chi connectivity index (χ3v) is 7.76. The zero-order valence-corrected chi connectivity index (χ0v) is 23.7. The Hall–Kier alpha value is -2.04. The summed E-state index contributed by atoms with van der Waals surface area (Å²) in [5.41, 5.74) is 0.444. The molecule has 1 aliphatic heterocycles. The molecule has 11 heteroatoms. The van der Waals surface area contributed by atoms with Crippen molar-refractivity contribution in [2.45, 2.75) is 51.3 Å². The van der Waals surface area contributed by atoms with Crippen LogP contribution in [0.25, 0.3) is 0 Å². The number of hydrogen-bond acceptors (Lipinski definition) is 5. The second-order valence-corrected chi connectivity index (χ2v) is 12.3. The molecule has 1 heterocycles. The third-order valence-electron chi connectivity index (χ3n) is 5.78. The number of carbonyl (C=O) groups excluding carboxylic acids is 2. The number of nitrogens with one attached hydrogen (secondary N) is 1. The van der Waals surface area contributed by atoms with E-state index in [4.69, 9.17) is 27.9 Å². The topological polar surface area (TPSA) is 84.9 Å². The van der Waals surface area contributed by atoms with Crippen LogP contribution in [0.2, 0.25) is 10.0 Å². The van der Waals surface area contributed by atoms with Crippen molar-refractivity contribution in [1.29, 1.82) is 0 Å². The van der Waals surface area contributed by atoms with Gasteiger partial charge in [0.05, 0.1) is 0 Å². The van der Waals surface area contributed by atoms with Crippen molar-refractivity contribution in [3.05, 3.63) is 62.9 Å². The normalized spacial score (nSPS) is 15.4. The Balaban J connectivity index is 1.61. The maximum absolute atomic E-state index is 15.0. The van der Waals surface area contributed by atoms with Crippen LogP contribution in [0.1, 0.15) is 49.2 Å². The maximum Gasteiger partial charge on any atom is 0.410 e. The number of piperazine rings is 1. The van der Waals surface area contributed by atoms with Crippen LogP contribution in [-0.4, -0.2) is 63.9 Å². The number of ether oxygens (including phenoxy) is 1. The second-order valence-electron chi connectivity index (χ2n) is 9.73. The molecule has 3 rings (SSSR count). The fraction of sp³-hybridized carbons (Fsp3) is 0.462. The number of hydrogen-bond donors (Lipinski definition) is 1. The summed E-state index contributed by atoms with van der Waals surface area (Å²) in [6.07, 6.45) is -0.363. The fourth-order valence-electron chi connectivity index (χ4n) is 3.87. The van der Waals surface area contributed by atoms with Gasteiger partial charge >= 0.3 is 6.09 Å². The largest absolute Gasteiger partial charge is 0.611 e. The van der Waals surface area contributed by atoms with Crippen LogP contribution in [0.4, 0.5) is 9.18 Å². The number of carbonyl (C=O) groups is 2. The number of halogens is 3. The Kier molecular flexibility index (Phi) is 10.1. The van der Waals surface area contributed by atoms with Crippen LogP contribution in [0.15, 0.2) is 35.2 Å². The summed E-state index contributed by atoms with van der Waals surface area (Å²) in [4.78, 5) is 29.2. The molecule has 2 amide bonds. The lowest BCUT2D eigenvalue weighted by Crippen LogP contribution is -2.49. The van der Waals surface area contributed by atoms with Crippen LogP contribution in [0, 0.1) is 5.82 Å². The van der Waals surface area contributed by atoms with Gasteiger partial charge in [0.2, 0.25) is 0 Å². The number of benzene rings is 2. The molecule has 0 aromatic heterocycles. The molecule has 0 saturated carbocycles. The van der Waals surface area contributed by atoms with Gasteiger partial charge < -0.3 is 19.5 Å². The predicted octanol–water partition coefficient (Wildman–Crippen LogP) is 5.24. The van der Waals surface area contributed by atoms with Gasteiger partial charge in [0.15, 0.2) is 4.90 Å². The summed E-state index contributed by atoms with van der Waals surface area (Å²) in [6.45, 7) is 9.60. The Morgan fingerprint density at radius 1 is 1.14 bits per heavy atom. The molecule has 0 spiro atoms. The highest BCUT2D eigenvalue weighted by Gasteiger charge is 2.27. The van der Waals surface area contributed by atoms with Gasteiger partial charge in [-0.25, -0.2) is 9.18 Å². The predicted molar refractivity (Wildman–Crippen MR) is 144 cm³/mol. The van der Waals surface area contributed by atoms with E-state index in [9.17, 15) is 14.1 Å². The van der Waals surface area contributed by atoms with Gasteiger partial charge in [0.25, 0.3) is 5.91 Å². The Labute approximate surface area is 230 Å². The summed E-state index contributed by atoms with van der Waals surface area (Å²) in [7, 11) is 0. The van der Waals surface area contributed by atoms with Crippen molar-refractivity contribution in [3.8, 4) is 0 Å². The molecule has 2 aromatic carbocycles. The van der Waals surface area contributed by atoms with E-state index in [-0.39, 0.29) is 29.8 Å². The molecule has 1 fully saturated rings. The third kappa shape index (κ3) is 8.22. The van der Waals surface area contributed by atoms with Crippen molar-refractivity contribution in [3.63, 3.8) is 0 Å². The van der Waals surface area contributed by atoms with E-state index < -0.39 is 28.5 Å². The van der Waals surface area contributed by atoms with E-state index in [0.29, 0.717) is 53.0 Å². The SMILES string of the molecule is CC[S+]([O-])c1ccc(Cl)cc1CNC(=O)c1cc(F)c(CN2CCN(C(=O)OC(C)(C)C)CC2)c(Cl)c1. The zero-order valence-electron chi connectivity index (χ0n) is 21.4. The van der Waals surface area contributed by atoms with E-state index in [1.807, 2.05) is 25.7 Å². The van der Waals surface area contributed by atoms with Crippen LogP contribution in [-0.2, 0) is 29.0 Å². The van der Waals surface area contributed by atoms with E-state index in [2.05, 4.69) is 5.32 Å². The van der Waals surface area contributed by atoms with Crippen molar-refractivity contribution >= 4 is 46.4 Å². The Bertz CT molecular complexity index is 1110. The molecule has 0 radical (unpaired) electrons. The molecule has 0 bridgehead atoms. The van der Waals surface area contributed by atoms with Crippen LogP contribution < -0.4 is 5.32 Å². The van der Waals surface area contributed by atoms with E-state index in [1.165, 1.54) is 6.07 Å². The summed E-state index contributed by atoms with van der Waals surface area (Å²) in [5.74, 6) is -0.657. The second kappa shape index (κ2) is 12.7. The van der Waals surface area contributed by atoms with Crippen LogP contribution in [0.3, 0.4) is 0 Å². The minimum absolute atomic E-state index is 0.0844. The minimum Gasteiger partial charge on any atom is -0.611 e. The molecule has 1 unspecified atom stereocenters. The molecule has 1 saturated heterocycles. The number of rotatable bonds is 7. The van der Waals surface area contributed by atoms with E-state index in [0.717, 1.165) is 6.07 Å². The van der Waals surface area contributed by atoms with Crippen molar-refractivity contribution in [2.75, 3.05) is 31.9 Å². The molecule has 2 aromatic rings. The lowest BCUT2D eigenvalue weighted by Gasteiger charge is -2.35. The van der Waals surface area contributed by atoms with Gasteiger partial charge in [-0.2, -0.15) is 0 Å². The molecule has 202 valence electrons. The lowest BCUT2D eigenvalue weighted by atomic mass is 10.1. The Morgan fingerprint density at radius 3 is 2.41 bits per heavy atom. The monoisotopic (exact) mass is 571 g/mol. The number of amides is 2. The van der Waals surface area contributed by atoms with Crippen LogP contribution in [0.5, 0.6) is 0 Å². The highest BCUT2D eigenvalue weighted by atomic mass is 35.5. The highest BCUT2D eigenvalue weighted by Crippen LogP contribution is 2.25. The van der Waals surface area contributed by atoms with Gasteiger partial charge in [-0.15, -0.1) is 0 Å². The molecule has 1 atom stereocenters. The summed E-state index contributed by atoms with van der Waals surface area (Å²) in [5, 5.41) is 3.34. The number of nitrogens with zero attached hydrogens (tertiary/aromatic N) is 2. The highest BCUT2D eigenvalue weighted by molar-refractivity contribution is 7.91. The summed E-state index contributed by atoms with van der Waals surface area (Å²) in [6, 6.07) is 7.60. The standard InChI is InChI=1S/C26H32Cl2FN3O4S/c1-5-37(35)23-7-6-19(27)12-18(23)15-30-24(33)17-13-21(28)20(22(29)14-17)16-31-8-10-32(11-9-31)25(34)36-26(2,3)4/h6-7,12-14H,5,8-11,15-16H2,1-4H3,(H,30,33). The smallest absolute Gasteiger partial charge is 0.410 e. The first kappa shape index (κ1) is 29.5. The van der Waals surface area contributed by atoms with Crippen LogP contribution >= 0.6 is 23.2 Å². The molecule has 1 N–H and O–H groups in total. The van der Waals surface area contributed by atoms with Gasteiger partial charge in [-0.1, -0.05) is 23.2 Å². The Morgan fingerprint density at radius 2 is 1.81 bits per heavy atom.